The van der Waals surface area contributed by atoms with E-state index in [2.05, 4.69) is 9.59 Å². The third kappa shape index (κ3) is 3.64. The number of aliphatic hydroxyl groups is 1. The number of hydrogen-bond donors (Lipinski definition) is 2. The van der Waals surface area contributed by atoms with Crippen molar-refractivity contribution in [2.75, 3.05) is 6.54 Å². The lowest BCUT2D eigenvalue weighted by Gasteiger charge is -2.14. The third-order valence-electron chi connectivity index (χ3n) is 2.10. The zero-order chi connectivity index (χ0) is 13.9. The van der Waals surface area contributed by atoms with Gasteiger partial charge in [-0.2, -0.15) is 13.2 Å². The summed E-state index contributed by atoms with van der Waals surface area (Å²) < 4.78 is 39.7. The minimum Gasteiger partial charge on any atom is -0.382 e. The number of alkyl halides is 3. The number of carbonyl (C=O) groups excluding carboxylic acids is 1. The molecule has 0 fully saturated rings. The third-order valence-corrected chi connectivity index (χ3v) is 2.84. The Labute approximate surface area is 105 Å². The van der Waals surface area contributed by atoms with Gasteiger partial charge in [-0.15, -0.1) is 5.10 Å². The van der Waals surface area contributed by atoms with Crippen molar-refractivity contribution in [1.82, 2.24) is 14.9 Å². The average molecular weight is 283 g/mol. The van der Waals surface area contributed by atoms with Crippen molar-refractivity contribution in [2.24, 2.45) is 0 Å². The van der Waals surface area contributed by atoms with E-state index in [0.717, 1.165) is 11.5 Å². The number of aliphatic hydroxyl groups excluding tert-OH is 1. The predicted molar refractivity (Wildman–Crippen MR) is 58.4 cm³/mol. The number of amides is 1. The maximum absolute atomic E-state index is 12.0. The standard InChI is InChI=1S/C9H12F3N3O2S/c1-4(2)6-7(18-15-14-6)8(17)13-3-5(16)9(10,11)12/h4-5,16H,3H2,1-2H3,(H,13,17). The van der Waals surface area contributed by atoms with Gasteiger partial charge < -0.3 is 10.4 Å². The quantitative estimate of drug-likeness (QED) is 0.873. The maximum Gasteiger partial charge on any atom is 0.416 e. The van der Waals surface area contributed by atoms with Crippen molar-refractivity contribution in [3.8, 4) is 0 Å². The summed E-state index contributed by atoms with van der Waals surface area (Å²) in [5, 5.41) is 14.5. The number of rotatable bonds is 4. The van der Waals surface area contributed by atoms with E-state index < -0.39 is 24.7 Å². The number of nitrogens with zero attached hydrogens (tertiary/aromatic N) is 2. The molecule has 0 saturated carbocycles. The van der Waals surface area contributed by atoms with Crippen molar-refractivity contribution in [3.63, 3.8) is 0 Å². The van der Waals surface area contributed by atoms with Gasteiger partial charge in [-0.3, -0.25) is 4.79 Å². The molecule has 5 nitrogen and oxygen atoms in total. The molecule has 9 heteroatoms. The average Bonchev–Trinajstić information content (AvgIpc) is 2.72. The molecule has 1 heterocycles. The van der Waals surface area contributed by atoms with Gasteiger partial charge in [0.2, 0.25) is 0 Å². The van der Waals surface area contributed by atoms with E-state index in [4.69, 9.17) is 5.11 Å². The molecule has 1 amide bonds. The molecular formula is C9H12F3N3O2S. The van der Waals surface area contributed by atoms with Gasteiger partial charge in [0, 0.05) is 0 Å². The first-order valence-corrected chi connectivity index (χ1v) is 5.86. The van der Waals surface area contributed by atoms with Gasteiger partial charge in [0.1, 0.15) is 4.88 Å². The Kier molecular flexibility index (Phi) is 4.63. The lowest BCUT2D eigenvalue weighted by Crippen LogP contribution is -2.40. The fourth-order valence-electron chi connectivity index (χ4n) is 1.12. The first kappa shape index (κ1) is 14.8. The molecule has 0 aliphatic carbocycles. The highest BCUT2D eigenvalue weighted by atomic mass is 32.1. The molecule has 1 atom stereocenters. The summed E-state index contributed by atoms with van der Waals surface area (Å²) in [4.78, 5) is 11.8. The fraction of sp³-hybridized carbons (Fsp3) is 0.667. The van der Waals surface area contributed by atoms with Crippen molar-refractivity contribution in [3.05, 3.63) is 10.6 Å². The van der Waals surface area contributed by atoms with Crippen molar-refractivity contribution < 1.29 is 23.1 Å². The monoisotopic (exact) mass is 283 g/mol. The molecule has 2 N–H and O–H groups in total. The van der Waals surface area contributed by atoms with E-state index in [1.54, 1.807) is 13.8 Å². The minimum absolute atomic E-state index is 0.0583. The number of nitrogens with one attached hydrogen (secondary N) is 1. The topological polar surface area (TPSA) is 75.1 Å². The van der Waals surface area contributed by atoms with Crippen LogP contribution in [0.25, 0.3) is 0 Å². The molecule has 1 rings (SSSR count). The second kappa shape index (κ2) is 5.61. The molecule has 0 radical (unpaired) electrons. The minimum atomic E-state index is -4.75. The Morgan fingerprint density at radius 3 is 2.61 bits per heavy atom. The highest BCUT2D eigenvalue weighted by Gasteiger charge is 2.38. The van der Waals surface area contributed by atoms with E-state index in [1.165, 1.54) is 0 Å². The number of hydrogen-bond acceptors (Lipinski definition) is 5. The summed E-state index contributed by atoms with van der Waals surface area (Å²) in [6, 6.07) is 0. The molecule has 1 unspecified atom stereocenters. The zero-order valence-electron chi connectivity index (χ0n) is 9.65. The number of halogens is 3. The van der Waals surface area contributed by atoms with Crippen molar-refractivity contribution in [1.29, 1.82) is 0 Å². The van der Waals surface area contributed by atoms with Crippen LogP contribution in [0.5, 0.6) is 0 Å². The van der Waals surface area contributed by atoms with Crippen LogP contribution >= 0.6 is 11.5 Å². The Balaban J connectivity index is 2.64. The Hall–Kier alpha value is -1.22. The fourth-order valence-corrected chi connectivity index (χ4v) is 1.85. The lowest BCUT2D eigenvalue weighted by molar-refractivity contribution is -0.201. The van der Waals surface area contributed by atoms with E-state index in [1.807, 2.05) is 5.32 Å². The molecule has 0 aromatic carbocycles. The molecule has 0 aliphatic rings. The van der Waals surface area contributed by atoms with Crippen LogP contribution in [0.3, 0.4) is 0 Å². The zero-order valence-corrected chi connectivity index (χ0v) is 10.5. The Bertz CT molecular complexity index is 419. The van der Waals surface area contributed by atoms with Crippen LogP contribution in [0, 0.1) is 0 Å². The SMILES string of the molecule is CC(C)c1nnsc1C(=O)NCC(O)C(F)(F)F. The summed E-state index contributed by atoms with van der Waals surface area (Å²) in [6.45, 7) is 2.69. The highest BCUT2D eigenvalue weighted by Crippen LogP contribution is 2.21. The lowest BCUT2D eigenvalue weighted by atomic mass is 10.1. The summed E-state index contributed by atoms with van der Waals surface area (Å²) in [5.74, 6) is -0.769. The molecule has 0 aliphatic heterocycles. The van der Waals surface area contributed by atoms with E-state index in [-0.39, 0.29) is 10.8 Å². The van der Waals surface area contributed by atoms with Gasteiger partial charge in [-0.25, -0.2) is 0 Å². The smallest absolute Gasteiger partial charge is 0.382 e. The first-order chi connectivity index (χ1) is 8.23. The molecule has 0 saturated heterocycles. The van der Waals surface area contributed by atoms with Gasteiger partial charge in [-0.05, 0) is 17.5 Å². The van der Waals surface area contributed by atoms with Crippen LogP contribution in [0.15, 0.2) is 0 Å². The second-order valence-corrected chi connectivity index (χ2v) is 4.66. The van der Waals surface area contributed by atoms with Crippen LogP contribution < -0.4 is 5.32 Å². The summed E-state index contributed by atoms with van der Waals surface area (Å²) in [6.07, 6.45) is -7.33. The van der Waals surface area contributed by atoms with Gasteiger partial charge in [-0.1, -0.05) is 18.3 Å². The van der Waals surface area contributed by atoms with E-state index >= 15 is 0 Å². The highest BCUT2D eigenvalue weighted by molar-refractivity contribution is 7.08. The summed E-state index contributed by atoms with van der Waals surface area (Å²) in [5.41, 5.74) is 0.430. The molecule has 1 aromatic rings. The molecule has 18 heavy (non-hydrogen) atoms. The number of carbonyl (C=O) groups is 1. The summed E-state index contributed by atoms with van der Waals surface area (Å²) >= 11 is 0.809. The number of aromatic nitrogens is 2. The molecule has 0 bridgehead atoms. The van der Waals surface area contributed by atoms with Crippen LogP contribution in [-0.2, 0) is 0 Å². The van der Waals surface area contributed by atoms with Crippen molar-refractivity contribution >= 4 is 17.4 Å². The van der Waals surface area contributed by atoms with Crippen LogP contribution in [0.4, 0.5) is 13.2 Å². The predicted octanol–water partition coefficient (Wildman–Crippen LogP) is 1.31. The van der Waals surface area contributed by atoms with E-state index in [0.29, 0.717) is 5.69 Å². The second-order valence-electron chi connectivity index (χ2n) is 3.91. The summed E-state index contributed by atoms with van der Waals surface area (Å²) in [7, 11) is 0. The maximum atomic E-state index is 12.0. The molecule has 102 valence electrons. The van der Waals surface area contributed by atoms with Gasteiger partial charge in [0.15, 0.2) is 6.10 Å². The molecule has 1 aromatic heterocycles. The normalized spacial score (nSPS) is 13.7. The van der Waals surface area contributed by atoms with Crippen LogP contribution in [-0.4, -0.2) is 39.4 Å². The van der Waals surface area contributed by atoms with Gasteiger partial charge in [0.25, 0.3) is 5.91 Å². The largest absolute Gasteiger partial charge is 0.416 e. The molecular weight excluding hydrogens is 271 g/mol. The van der Waals surface area contributed by atoms with Gasteiger partial charge >= 0.3 is 6.18 Å². The Morgan fingerprint density at radius 2 is 2.11 bits per heavy atom. The molecule has 0 spiro atoms. The van der Waals surface area contributed by atoms with Gasteiger partial charge in [0.05, 0.1) is 12.2 Å². The van der Waals surface area contributed by atoms with E-state index in [9.17, 15) is 18.0 Å². The Morgan fingerprint density at radius 1 is 1.50 bits per heavy atom. The van der Waals surface area contributed by atoms with Crippen LogP contribution in [0.2, 0.25) is 0 Å². The van der Waals surface area contributed by atoms with Crippen molar-refractivity contribution in [2.45, 2.75) is 32.0 Å². The first-order valence-electron chi connectivity index (χ1n) is 5.08. The van der Waals surface area contributed by atoms with Crippen LogP contribution in [0.1, 0.15) is 35.1 Å².